The molecule has 2 aliphatic heterocycles. The molecule has 0 unspecified atom stereocenters. The number of anilines is 1. The van der Waals surface area contributed by atoms with E-state index in [1.54, 1.807) is 6.07 Å². The molecule has 1 aromatic rings. The van der Waals surface area contributed by atoms with Crippen LogP contribution in [0.3, 0.4) is 0 Å². The van der Waals surface area contributed by atoms with E-state index in [4.69, 9.17) is 9.47 Å². The highest BCUT2D eigenvalue weighted by atomic mass is 16.6. The lowest BCUT2D eigenvalue weighted by Crippen LogP contribution is -2.53. The van der Waals surface area contributed by atoms with Crippen LogP contribution in [-0.2, 0) is 4.74 Å². The van der Waals surface area contributed by atoms with Crippen molar-refractivity contribution in [2.24, 2.45) is 0 Å². The number of morpholine rings is 1. The predicted octanol–water partition coefficient (Wildman–Crippen LogP) is 2.68. The second-order valence-electron chi connectivity index (χ2n) is 7.04. The van der Waals surface area contributed by atoms with Gasteiger partial charge in [-0.05, 0) is 32.8 Å². The molecular weight excluding hydrogens is 322 g/mol. The Morgan fingerprint density at radius 2 is 1.84 bits per heavy atom. The largest absolute Gasteiger partial charge is 0.490 e. The van der Waals surface area contributed by atoms with Crippen molar-refractivity contribution in [1.82, 2.24) is 4.90 Å². The molecule has 3 rings (SSSR count). The zero-order chi connectivity index (χ0) is 18.0. The molecule has 0 saturated carbocycles. The van der Waals surface area contributed by atoms with E-state index in [9.17, 15) is 10.1 Å². The van der Waals surface area contributed by atoms with Crippen molar-refractivity contribution in [3.63, 3.8) is 0 Å². The number of hydrogen-bond donors (Lipinski definition) is 0. The third kappa shape index (κ3) is 4.04. The summed E-state index contributed by atoms with van der Waals surface area (Å²) in [7, 11) is 1.47. The van der Waals surface area contributed by atoms with Crippen LogP contribution in [0.5, 0.6) is 5.75 Å². The van der Waals surface area contributed by atoms with Gasteiger partial charge in [-0.15, -0.1) is 0 Å². The fourth-order valence-electron chi connectivity index (χ4n) is 4.02. The van der Waals surface area contributed by atoms with Crippen LogP contribution in [0.4, 0.5) is 11.4 Å². The summed E-state index contributed by atoms with van der Waals surface area (Å²) in [5, 5.41) is 11.0. The van der Waals surface area contributed by atoms with Gasteiger partial charge < -0.3 is 14.4 Å². The number of ether oxygens (including phenoxy) is 2. The van der Waals surface area contributed by atoms with Crippen LogP contribution in [0.15, 0.2) is 18.2 Å². The van der Waals surface area contributed by atoms with Gasteiger partial charge in [0.2, 0.25) is 0 Å². The van der Waals surface area contributed by atoms with E-state index in [1.165, 1.54) is 13.2 Å². The van der Waals surface area contributed by atoms with Gasteiger partial charge in [-0.2, -0.15) is 0 Å². The fraction of sp³-hybridized carbons (Fsp3) is 0.667. The second-order valence-corrected chi connectivity index (χ2v) is 7.04. The summed E-state index contributed by atoms with van der Waals surface area (Å²) < 4.78 is 11.0. The molecule has 0 N–H and O–H groups in total. The minimum atomic E-state index is -0.407. The van der Waals surface area contributed by atoms with Crippen molar-refractivity contribution >= 4 is 11.4 Å². The number of nitro benzene ring substituents is 1. The summed E-state index contributed by atoms with van der Waals surface area (Å²) in [4.78, 5) is 15.5. The van der Waals surface area contributed by atoms with Crippen LogP contribution in [0.2, 0.25) is 0 Å². The molecule has 2 heterocycles. The average molecular weight is 349 g/mol. The Morgan fingerprint density at radius 3 is 2.40 bits per heavy atom. The number of nitrogens with zero attached hydrogens (tertiary/aromatic N) is 3. The van der Waals surface area contributed by atoms with Gasteiger partial charge in [-0.1, -0.05) is 0 Å². The Balaban J connectivity index is 1.63. The Morgan fingerprint density at radius 1 is 1.20 bits per heavy atom. The third-order valence-electron chi connectivity index (χ3n) is 5.15. The third-order valence-corrected chi connectivity index (χ3v) is 5.15. The van der Waals surface area contributed by atoms with Crippen molar-refractivity contribution in [1.29, 1.82) is 0 Å². The highest BCUT2D eigenvalue weighted by Crippen LogP contribution is 2.33. The van der Waals surface area contributed by atoms with Crippen LogP contribution >= 0.6 is 0 Å². The topological polar surface area (TPSA) is 68.1 Å². The van der Waals surface area contributed by atoms with Gasteiger partial charge in [0.15, 0.2) is 5.75 Å². The molecular formula is C18H27N3O4. The summed E-state index contributed by atoms with van der Waals surface area (Å²) >= 11 is 0. The molecule has 138 valence electrons. The maximum atomic E-state index is 11.0. The number of rotatable bonds is 4. The van der Waals surface area contributed by atoms with Gasteiger partial charge in [-0.25, -0.2) is 0 Å². The molecule has 1 aromatic carbocycles. The molecule has 2 saturated heterocycles. The maximum Gasteiger partial charge on any atom is 0.311 e. The van der Waals surface area contributed by atoms with Crippen molar-refractivity contribution in [3.8, 4) is 5.75 Å². The summed E-state index contributed by atoms with van der Waals surface area (Å²) in [6, 6.07) is 5.72. The molecule has 25 heavy (non-hydrogen) atoms. The number of piperidine rings is 1. The number of hydrogen-bond acceptors (Lipinski definition) is 6. The van der Waals surface area contributed by atoms with Crippen LogP contribution in [0, 0.1) is 10.1 Å². The molecule has 0 aromatic heterocycles. The van der Waals surface area contributed by atoms with E-state index in [0.717, 1.165) is 44.7 Å². The molecule has 2 fully saturated rings. The summed E-state index contributed by atoms with van der Waals surface area (Å²) in [6.45, 7) is 8.18. The minimum Gasteiger partial charge on any atom is -0.490 e. The lowest BCUT2D eigenvalue weighted by molar-refractivity contribution is -0.385. The number of methoxy groups -OCH3 is 1. The van der Waals surface area contributed by atoms with E-state index < -0.39 is 4.92 Å². The average Bonchev–Trinajstić information content (AvgIpc) is 2.60. The lowest BCUT2D eigenvalue weighted by Gasteiger charge is -2.44. The fourth-order valence-corrected chi connectivity index (χ4v) is 4.02. The highest BCUT2D eigenvalue weighted by Gasteiger charge is 2.30. The standard InChI is InChI=1S/C18H27N3O4/c1-13-11-20(12-14(2)25-13)15-6-8-19(9-7-15)16-4-5-17(21(22)23)18(10-16)24-3/h4-5,10,13-15H,6-9,11-12H2,1-3H3/t13-,14+. The summed E-state index contributed by atoms with van der Waals surface area (Å²) in [6.07, 6.45) is 2.78. The smallest absolute Gasteiger partial charge is 0.311 e. The molecule has 7 nitrogen and oxygen atoms in total. The molecule has 2 atom stereocenters. The maximum absolute atomic E-state index is 11.0. The van der Waals surface area contributed by atoms with E-state index in [0.29, 0.717) is 24.0 Å². The summed E-state index contributed by atoms with van der Waals surface area (Å²) in [5.74, 6) is 0.320. The van der Waals surface area contributed by atoms with Crippen molar-refractivity contribution < 1.29 is 14.4 Å². The van der Waals surface area contributed by atoms with E-state index >= 15 is 0 Å². The zero-order valence-electron chi connectivity index (χ0n) is 15.2. The Labute approximate surface area is 148 Å². The lowest BCUT2D eigenvalue weighted by atomic mass is 10.0. The first kappa shape index (κ1) is 17.9. The summed E-state index contributed by atoms with van der Waals surface area (Å²) in [5.41, 5.74) is 1.00. The van der Waals surface area contributed by atoms with Crippen LogP contribution in [0.1, 0.15) is 26.7 Å². The van der Waals surface area contributed by atoms with Crippen molar-refractivity contribution in [2.75, 3.05) is 38.2 Å². The minimum absolute atomic E-state index is 0.0115. The van der Waals surface area contributed by atoms with Crippen molar-refractivity contribution in [3.05, 3.63) is 28.3 Å². The first-order valence-electron chi connectivity index (χ1n) is 8.94. The highest BCUT2D eigenvalue weighted by molar-refractivity contribution is 5.59. The van der Waals surface area contributed by atoms with E-state index in [-0.39, 0.29) is 5.69 Å². The molecule has 2 aliphatic rings. The normalized spacial score (nSPS) is 25.8. The van der Waals surface area contributed by atoms with Gasteiger partial charge in [0.1, 0.15) is 0 Å². The first-order chi connectivity index (χ1) is 12.0. The second kappa shape index (κ2) is 7.58. The Hall–Kier alpha value is -1.86. The molecule has 0 spiro atoms. The zero-order valence-corrected chi connectivity index (χ0v) is 15.2. The number of benzene rings is 1. The van der Waals surface area contributed by atoms with E-state index in [2.05, 4.69) is 23.6 Å². The van der Waals surface area contributed by atoms with Crippen LogP contribution in [0.25, 0.3) is 0 Å². The van der Waals surface area contributed by atoms with Crippen molar-refractivity contribution in [2.45, 2.75) is 44.9 Å². The molecule has 0 bridgehead atoms. The first-order valence-corrected chi connectivity index (χ1v) is 8.94. The SMILES string of the molecule is COc1cc(N2CCC(N3C[C@@H](C)O[C@@H](C)C3)CC2)ccc1[N+](=O)[O-]. The quantitative estimate of drug-likeness (QED) is 0.615. The Kier molecular flexibility index (Phi) is 5.44. The molecule has 0 radical (unpaired) electrons. The van der Waals surface area contributed by atoms with Gasteiger partial charge in [0.05, 0.1) is 24.2 Å². The van der Waals surface area contributed by atoms with Gasteiger partial charge in [-0.3, -0.25) is 15.0 Å². The van der Waals surface area contributed by atoms with E-state index in [1.807, 2.05) is 6.07 Å². The van der Waals surface area contributed by atoms with Gasteiger partial charge in [0.25, 0.3) is 0 Å². The monoisotopic (exact) mass is 349 g/mol. The van der Waals surface area contributed by atoms with Crippen LogP contribution < -0.4 is 9.64 Å². The molecule has 0 aliphatic carbocycles. The number of nitro groups is 1. The van der Waals surface area contributed by atoms with Gasteiger partial charge in [0, 0.05) is 50.0 Å². The Bertz CT molecular complexity index is 606. The predicted molar refractivity (Wildman–Crippen MR) is 96.5 cm³/mol. The molecule has 0 amide bonds. The van der Waals surface area contributed by atoms with Gasteiger partial charge >= 0.3 is 5.69 Å². The molecule has 7 heteroatoms. The van der Waals surface area contributed by atoms with Crippen LogP contribution in [-0.4, -0.2) is 61.4 Å².